The summed E-state index contributed by atoms with van der Waals surface area (Å²) in [4.78, 5) is 20.6. The normalized spacial score (nSPS) is 11.6. The van der Waals surface area contributed by atoms with Gasteiger partial charge >= 0.3 is 0 Å². The Hall–Kier alpha value is -2.16. The van der Waals surface area contributed by atoms with Crippen LogP contribution in [0.1, 0.15) is 23.1 Å². The van der Waals surface area contributed by atoms with Crippen LogP contribution in [-0.2, 0) is 4.79 Å². The molecule has 1 N–H and O–H groups in total. The van der Waals surface area contributed by atoms with E-state index in [2.05, 4.69) is 15.3 Å². The van der Waals surface area contributed by atoms with Gasteiger partial charge in [0, 0.05) is 11.4 Å². The number of hydrogen-bond donors (Lipinski definition) is 1. The molecule has 0 aliphatic carbocycles. The van der Waals surface area contributed by atoms with Crippen LogP contribution in [0.15, 0.2) is 24.3 Å². The van der Waals surface area contributed by atoms with Gasteiger partial charge in [-0.3, -0.25) is 4.79 Å². The van der Waals surface area contributed by atoms with Gasteiger partial charge in [0.25, 0.3) is 0 Å². The molecule has 1 amide bonds. The second-order valence-electron chi connectivity index (χ2n) is 4.66. The molecule has 22 heavy (non-hydrogen) atoms. The molecule has 7 heteroatoms. The van der Waals surface area contributed by atoms with Crippen LogP contribution in [-0.4, -0.2) is 15.9 Å². The van der Waals surface area contributed by atoms with Crippen LogP contribution in [0.25, 0.3) is 0 Å². The molecule has 0 aliphatic heterocycles. The molecule has 0 radical (unpaired) electrons. The molecule has 0 bridgehead atoms. The van der Waals surface area contributed by atoms with Gasteiger partial charge in [-0.2, -0.15) is 5.26 Å². The van der Waals surface area contributed by atoms with Crippen molar-refractivity contribution in [3.63, 3.8) is 0 Å². The zero-order chi connectivity index (χ0) is 16.3. The van der Waals surface area contributed by atoms with E-state index in [-0.39, 0.29) is 0 Å². The Labute approximate surface area is 137 Å². The maximum absolute atomic E-state index is 12.3. The van der Waals surface area contributed by atoms with E-state index in [0.717, 1.165) is 0 Å². The van der Waals surface area contributed by atoms with Crippen LogP contribution in [0.5, 0.6) is 0 Å². The summed E-state index contributed by atoms with van der Waals surface area (Å²) in [7, 11) is 0. The van der Waals surface area contributed by atoms with Crippen molar-refractivity contribution in [1.29, 1.82) is 5.26 Å². The smallest absolute Gasteiger partial charge is 0.247 e. The quantitative estimate of drug-likeness (QED) is 0.929. The number of aromatic nitrogens is 2. The number of carbonyl (C=O) groups is 1. The summed E-state index contributed by atoms with van der Waals surface area (Å²) in [6, 6.07) is 8.28. The number of benzene rings is 1. The Morgan fingerprint density at radius 1 is 1.23 bits per heavy atom. The van der Waals surface area contributed by atoms with Crippen molar-refractivity contribution in [2.75, 3.05) is 5.32 Å². The van der Waals surface area contributed by atoms with Gasteiger partial charge in [-0.1, -0.05) is 23.2 Å². The van der Waals surface area contributed by atoms with Crippen LogP contribution in [0.3, 0.4) is 0 Å². The van der Waals surface area contributed by atoms with E-state index in [1.165, 1.54) is 6.07 Å². The summed E-state index contributed by atoms with van der Waals surface area (Å²) in [6.07, 6.45) is 0. The highest BCUT2D eigenvalue weighted by Crippen LogP contribution is 2.26. The maximum atomic E-state index is 12.3. The second-order valence-corrected chi connectivity index (χ2v) is 5.48. The third-order valence-corrected chi connectivity index (χ3v) is 3.60. The SMILES string of the molecule is Cc1cc(C(C#N)C(=O)Nc2ccc(Cl)c(Cl)c2)nc(C)n1. The van der Waals surface area contributed by atoms with Crippen LogP contribution in [0, 0.1) is 25.2 Å². The molecule has 0 aliphatic rings. The number of halogens is 2. The number of hydrogen-bond acceptors (Lipinski definition) is 4. The van der Waals surface area contributed by atoms with Gasteiger partial charge in [-0.05, 0) is 38.1 Å². The number of anilines is 1. The predicted molar refractivity (Wildman–Crippen MR) is 85.0 cm³/mol. The molecular weight excluding hydrogens is 323 g/mol. The number of rotatable bonds is 3. The lowest BCUT2D eigenvalue weighted by Crippen LogP contribution is -2.21. The zero-order valence-electron chi connectivity index (χ0n) is 11.9. The average molecular weight is 335 g/mol. The van der Waals surface area contributed by atoms with E-state index in [0.29, 0.717) is 32.9 Å². The lowest BCUT2D eigenvalue weighted by Gasteiger charge is -2.11. The van der Waals surface area contributed by atoms with Crippen molar-refractivity contribution >= 4 is 34.8 Å². The first-order valence-electron chi connectivity index (χ1n) is 6.38. The molecule has 0 spiro atoms. The van der Waals surface area contributed by atoms with Crippen molar-refractivity contribution in [2.45, 2.75) is 19.8 Å². The van der Waals surface area contributed by atoms with Crippen LogP contribution in [0.2, 0.25) is 10.0 Å². The molecule has 1 aromatic carbocycles. The van der Waals surface area contributed by atoms with Crippen molar-refractivity contribution in [2.24, 2.45) is 0 Å². The molecule has 1 atom stereocenters. The Balaban J connectivity index is 2.25. The predicted octanol–water partition coefficient (Wildman–Crippen LogP) is 3.65. The summed E-state index contributed by atoms with van der Waals surface area (Å²) >= 11 is 11.7. The van der Waals surface area contributed by atoms with Crippen LogP contribution >= 0.6 is 23.2 Å². The Bertz CT molecular complexity index is 750. The monoisotopic (exact) mass is 334 g/mol. The maximum Gasteiger partial charge on any atom is 0.247 e. The highest BCUT2D eigenvalue weighted by Gasteiger charge is 2.22. The first kappa shape index (κ1) is 16.2. The highest BCUT2D eigenvalue weighted by atomic mass is 35.5. The molecule has 2 rings (SSSR count). The third kappa shape index (κ3) is 3.73. The lowest BCUT2D eigenvalue weighted by atomic mass is 10.1. The van der Waals surface area contributed by atoms with Gasteiger partial charge in [0.05, 0.1) is 21.8 Å². The van der Waals surface area contributed by atoms with E-state index in [4.69, 9.17) is 23.2 Å². The van der Waals surface area contributed by atoms with Crippen molar-refractivity contribution in [3.05, 3.63) is 51.5 Å². The molecule has 5 nitrogen and oxygen atoms in total. The van der Waals surface area contributed by atoms with E-state index < -0.39 is 11.8 Å². The van der Waals surface area contributed by atoms with Gasteiger partial charge in [0.2, 0.25) is 5.91 Å². The molecule has 0 saturated heterocycles. The van der Waals surface area contributed by atoms with E-state index in [9.17, 15) is 10.1 Å². The fraction of sp³-hybridized carbons (Fsp3) is 0.200. The van der Waals surface area contributed by atoms with Gasteiger partial charge in [-0.15, -0.1) is 0 Å². The van der Waals surface area contributed by atoms with Gasteiger partial charge in [-0.25, -0.2) is 9.97 Å². The summed E-state index contributed by atoms with van der Waals surface area (Å²) in [5.41, 5.74) is 1.53. The van der Waals surface area contributed by atoms with Crippen molar-refractivity contribution in [1.82, 2.24) is 9.97 Å². The summed E-state index contributed by atoms with van der Waals surface area (Å²) < 4.78 is 0. The Kier molecular flexibility index (Phi) is 4.96. The molecule has 1 heterocycles. The number of nitriles is 1. The molecule has 112 valence electrons. The number of nitrogens with one attached hydrogen (secondary N) is 1. The largest absolute Gasteiger partial charge is 0.325 e. The summed E-state index contributed by atoms with van der Waals surface area (Å²) in [5.74, 6) is -1.01. The Morgan fingerprint density at radius 2 is 1.95 bits per heavy atom. The van der Waals surface area contributed by atoms with Gasteiger partial charge in [0.1, 0.15) is 5.82 Å². The van der Waals surface area contributed by atoms with E-state index >= 15 is 0 Å². The summed E-state index contributed by atoms with van der Waals surface area (Å²) in [5, 5.41) is 12.6. The molecule has 2 aromatic rings. The standard InChI is InChI=1S/C15H12Cl2N4O/c1-8-5-14(20-9(2)19-8)11(7-18)15(22)21-10-3-4-12(16)13(17)6-10/h3-6,11H,1-2H3,(H,21,22). The number of nitrogens with zero attached hydrogens (tertiary/aromatic N) is 3. The third-order valence-electron chi connectivity index (χ3n) is 2.86. The number of carbonyl (C=O) groups excluding carboxylic acids is 1. The topological polar surface area (TPSA) is 78.7 Å². The van der Waals surface area contributed by atoms with Gasteiger partial charge in [0.15, 0.2) is 5.92 Å². The average Bonchev–Trinajstić information content (AvgIpc) is 2.42. The first-order valence-corrected chi connectivity index (χ1v) is 7.14. The molecular formula is C15H12Cl2N4O. The molecule has 0 saturated carbocycles. The second kappa shape index (κ2) is 6.73. The summed E-state index contributed by atoms with van der Waals surface area (Å²) in [6.45, 7) is 3.49. The van der Waals surface area contributed by atoms with E-state index in [1.54, 1.807) is 32.0 Å². The minimum Gasteiger partial charge on any atom is -0.325 e. The van der Waals surface area contributed by atoms with Gasteiger partial charge < -0.3 is 5.32 Å². The minimum atomic E-state index is -1.03. The molecule has 1 aromatic heterocycles. The number of amides is 1. The van der Waals surface area contributed by atoms with Crippen LogP contribution in [0.4, 0.5) is 5.69 Å². The van der Waals surface area contributed by atoms with Crippen LogP contribution < -0.4 is 5.32 Å². The highest BCUT2D eigenvalue weighted by molar-refractivity contribution is 6.42. The minimum absolute atomic E-state index is 0.321. The zero-order valence-corrected chi connectivity index (χ0v) is 13.4. The fourth-order valence-corrected chi connectivity index (χ4v) is 2.24. The molecule has 0 fully saturated rings. The Morgan fingerprint density at radius 3 is 2.55 bits per heavy atom. The first-order chi connectivity index (χ1) is 10.4. The van der Waals surface area contributed by atoms with E-state index in [1.807, 2.05) is 6.07 Å². The fourth-order valence-electron chi connectivity index (χ4n) is 1.94. The van der Waals surface area contributed by atoms with Crippen molar-refractivity contribution < 1.29 is 4.79 Å². The number of aryl methyl sites for hydroxylation is 2. The molecule has 1 unspecified atom stereocenters. The van der Waals surface area contributed by atoms with Crippen molar-refractivity contribution in [3.8, 4) is 6.07 Å². The lowest BCUT2D eigenvalue weighted by molar-refractivity contribution is -0.116.